The Balaban J connectivity index is 1.30. The Hall–Kier alpha value is -2.31. The fourth-order valence-corrected chi connectivity index (χ4v) is 13.3. The SMILES string of the molecule is CCCCCCCCCCCC(=O)O[C@H]1[C@H](O)[C@H](O)[C@H](O[C@H]2[C@H](O[C@@H]3O[C@@H](C)[C@H](O)[C@H](O)[C@@H]3O)[C@@H](OC(=O)CCCCCCCCC)[C@H](O[C@@H]3[C@@H](O)[C@@H]4OC(=O)CCCCCCCCC[C@H](CCCCC)O[C@H]5O[C@@H](C)[C@H](O)[C@@H](O)[C@H]5O[C@H]4O[C@H]3C)O[C@@H]2C)O[C@@H]1C. The summed E-state index contributed by atoms with van der Waals surface area (Å²) in [5, 5.41) is 92.5. The van der Waals surface area contributed by atoms with Crippen LogP contribution in [-0.4, -0.2) is 218 Å². The normalized spacial score (nSPS) is 39.7. The molecule has 6 rings (SSSR count). The monoisotopic (exact) mass is 1320 g/mol. The number of carbonyl (C=O) groups excluding carboxylic acids is 3. The van der Waals surface area contributed by atoms with Gasteiger partial charge in [-0.3, -0.25) is 14.4 Å². The molecule has 6 fully saturated rings. The predicted molar refractivity (Wildman–Crippen MR) is 334 cm³/mol. The molecule has 0 spiro atoms. The molecule has 536 valence electrons. The molecule has 0 radical (unpaired) electrons. The summed E-state index contributed by atoms with van der Waals surface area (Å²) in [6, 6.07) is 0. The van der Waals surface area contributed by atoms with Crippen LogP contribution in [0.1, 0.15) is 254 Å². The van der Waals surface area contributed by atoms with Crippen LogP contribution in [0.4, 0.5) is 0 Å². The molecule has 0 aromatic rings. The summed E-state index contributed by atoms with van der Waals surface area (Å²) in [6.45, 7) is 14.1. The molecular weight excluding hydrogens is 1200 g/mol. The highest BCUT2D eigenvalue weighted by atomic mass is 16.8. The highest BCUT2D eigenvalue weighted by molar-refractivity contribution is 5.70. The van der Waals surface area contributed by atoms with Crippen LogP contribution in [0.3, 0.4) is 0 Å². The van der Waals surface area contributed by atoms with Crippen LogP contribution in [0, 0.1) is 0 Å². The lowest BCUT2D eigenvalue weighted by atomic mass is 9.95. The van der Waals surface area contributed by atoms with Gasteiger partial charge in [-0.05, 0) is 66.7 Å². The van der Waals surface area contributed by atoms with Gasteiger partial charge < -0.3 is 102 Å². The lowest BCUT2D eigenvalue weighted by Crippen LogP contribution is -2.68. The summed E-state index contributed by atoms with van der Waals surface area (Å²) in [5.41, 5.74) is 0. The van der Waals surface area contributed by atoms with Crippen LogP contribution in [0.15, 0.2) is 0 Å². The van der Waals surface area contributed by atoms with Crippen molar-refractivity contribution in [3.63, 3.8) is 0 Å². The van der Waals surface area contributed by atoms with Crippen LogP contribution < -0.4 is 0 Å². The number of aliphatic hydroxyl groups excluding tert-OH is 8. The third kappa shape index (κ3) is 23.7. The van der Waals surface area contributed by atoms with Crippen molar-refractivity contribution in [2.45, 2.75) is 414 Å². The quantitative estimate of drug-likeness (QED) is 0.0197. The fraction of sp³-hybridized carbons (Fsp3) is 0.956. The Morgan fingerprint density at radius 1 is 0.380 bits per heavy atom. The smallest absolute Gasteiger partial charge is 0.306 e. The van der Waals surface area contributed by atoms with E-state index in [0.717, 1.165) is 122 Å². The van der Waals surface area contributed by atoms with E-state index in [1.54, 1.807) is 20.8 Å². The van der Waals surface area contributed by atoms with Crippen molar-refractivity contribution in [3.05, 3.63) is 0 Å². The molecule has 24 heteroatoms. The van der Waals surface area contributed by atoms with Crippen LogP contribution in [0.25, 0.3) is 0 Å². The number of aliphatic hydroxyl groups is 8. The first-order chi connectivity index (χ1) is 44.2. The second-order valence-corrected chi connectivity index (χ2v) is 27.0. The molecule has 24 nitrogen and oxygen atoms in total. The molecule has 0 bridgehead atoms. The molecule has 6 heterocycles. The summed E-state index contributed by atoms with van der Waals surface area (Å²) < 4.78 is 82.8. The number of hydrogen-bond acceptors (Lipinski definition) is 24. The number of rotatable bonds is 30. The van der Waals surface area contributed by atoms with Crippen LogP contribution in [-0.2, 0) is 76.0 Å². The Morgan fingerprint density at radius 3 is 1.42 bits per heavy atom. The first-order valence-corrected chi connectivity index (χ1v) is 35.8. The molecule has 0 aromatic carbocycles. The molecule has 8 N–H and O–H groups in total. The van der Waals surface area contributed by atoms with Gasteiger partial charge in [0.05, 0.1) is 36.6 Å². The van der Waals surface area contributed by atoms with E-state index in [-0.39, 0.29) is 25.4 Å². The second-order valence-electron chi connectivity index (χ2n) is 27.0. The first-order valence-electron chi connectivity index (χ1n) is 35.8. The van der Waals surface area contributed by atoms with E-state index in [2.05, 4.69) is 20.8 Å². The maximum atomic E-state index is 14.3. The maximum Gasteiger partial charge on any atom is 0.306 e. The van der Waals surface area contributed by atoms with E-state index in [9.17, 15) is 55.2 Å². The van der Waals surface area contributed by atoms with E-state index < -0.39 is 171 Å². The van der Waals surface area contributed by atoms with Crippen molar-refractivity contribution in [1.82, 2.24) is 0 Å². The largest absolute Gasteiger partial charge is 0.457 e. The number of unbranched alkanes of at least 4 members (excludes halogenated alkanes) is 16. The molecule has 92 heavy (non-hydrogen) atoms. The second kappa shape index (κ2) is 41.2. The molecule has 0 aliphatic carbocycles. The van der Waals surface area contributed by atoms with E-state index in [1.807, 2.05) is 0 Å². The Kier molecular flexibility index (Phi) is 35.2. The van der Waals surface area contributed by atoms with Crippen molar-refractivity contribution < 1.29 is 117 Å². The topological polar surface area (TPSA) is 333 Å². The van der Waals surface area contributed by atoms with Crippen molar-refractivity contribution in [1.29, 1.82) is 0 Å². The van der Waals surface area contributed by atoms with E-state index >= 15 is 0 Å². The average molecular weight is 1320 g/mol. The summed E-state index contributed by atoms with van der Waals surface area (Å²) in [6.07, 6.45) is -12.3. The Morgan fingerprint density at radius 2 is 0.815 bits per heavy atom. The predicted octanol–water partition coefficient (Wildman–Crippen LogP) is 7.43. The molecule has 6 saturated heterocycles. The van der Waals surface area contributed by atoms with E-state index in [1.165, 1.54) is 39.5 Å². The van der Waals surface area contributed by atoms with E-state index in [4.69, 9.17) is 61.6 Å². The Labute approximate surface area is 546 Å². The van der Waals surface area contributed by atoms with Crippen molar-refractivity contribution >= 4 is 17.9 Å². The van der Waals surface area contributed by atoms with Crippen molar-refractivity contribution in [2.24, 2.45) is 0 Å². The van der Waals surface area contributed by atoms with Gasteiger partial charge in [0, 0.05) is 19.3 Å². The zero-order valence-electron chi connectivity index (χ0n) is 56.5. The van der Waals surface area contributed by atoms with Gasteiger partial charge in [-0.15, -0.1) is 0 Å². The van der Waals surface area contributed by atoms with Crippen molar-refractivity contribution in [2.75, 3.05) is 0 Å². The minimum atomic E-state index is -1.90. The Bertz CT molecular complexity index is 2060. The molecule has 26 atom stereocenters. The summed E-state index contributed by atoms with van der Waals surface area (Å²) >= 11 is 0. The molecule has 0 aromatic heterocycles. The standard InChI is InChI=1S/C68H120O24/c1-9-12-15-17-19-20-24-28-32-37-46(69)86-57-42(6)82-65(55(78)53(57)76)90-59-44(8)84-68(63(88-48(71)39-34-27-22-18-16-13-10-2)62(59)92-64-54(77)51(74)49(72)40(4)80-64)89-58-43(7)83-67-61(56(58)79)87-47(70)38-33-29-25-21-23-26-31-36-45(35-30-14-11-3)85-66-60(91-67)52(75)50(73)41(5)81-66/h40-45,49-68,72-79H,9-39H2,1-8H3/t40-,41-,42+,43-,44+,45-,49-,50-,51-,52+,53+,54-,55-,56+,57+,58-,59+,60+,61-,62-,63+,64-,65-,66+,67+,68-/m0/s1. The van der Waals surface area contributed by atoms with Crippen LogP contribution in [0.2, 0.25) is 0 Å². The van der Waals surface area contributed by atoms with Crippen LogP contribution >= 0.6 is 0 Å². The third-order valence-electron chi connectivity index (χ3n) is 19.1. The van der Waals surface area contributed by atoms with Gasteiger partial charge in [-0.25, -0.2) is 0 Å². The van der Waals surface area contributed by atoms with Gasteiger partial charge in [0.15, 0.2) is 49.8 Å². The van der Waals surface area contributed by atoms with Crippen LogP contribution in [0.5, 0.6) is 0 Å². The maximum absolute atomic E-state index is 14.3. The number of carbonyl (C=O) groups is 3. The zero-order valence-corrected chi connectivity index (χ0v) is 56.5. The molecule has 6 aliphatic heterocycles. The molecular formula is C68H120O24. The van der Waals surface area contributed by atoms with Gasteiger partial charge in [0.1, 0.15) is 73.2 Å². The number of hydrogen-bond donors (Lipinski definition) is 8. The highest BCUT2D eigenvalue weighted by Crippen LogP contribution is 2.40. The number of fused-ring (bicyclic) bond motifs is 2. The zero-order chi connectivity index (χ0) is 66.9. The minimum Gasteiger partial charge on any atom is -0.457 e. The number of ether oxygens (including phenoxy) is 13. The van der Waals surface area contributed by atoms with Gasteiger partial charge in [-0.2, -0.15) is 0 Å². The number of esters is 3. The summed E-state index contributed by atoms with van der Waals surface area (Å²) in [5.74, 6) is -2.00. The highest BCUT2D eigenvalue weighted by Gasteiger charge is 2.58. The fourth-order valence-electron chi connectivity index (χ4n) is 13.3. The lowest BCUT2D eigenvalue weighted by molar-refractivity contribution is -0.399. The van der Waals surface area contributed by atoms with Gasteiger partial charge >= 0.3 is 17.9 Å². The third-order valence-corrected chi connectivity index (χ3v) is 19.1. The molecule has 0 unspecified atom stereocenters. The first kappa shape index (κ1) is 78.7. The van der Waals surface area contributed by atoms with Gasteiger partial charge in [0.25, 0.3) is 0 Å². The summed E-state index contributed by atoms with van der Waals surface area (Å²) in [4.78, 5) is 41.4. The van der Waals surface area contributed by atoms with Gasteiger partial charge in [0.2, 0.25) is 0 Å². The average Bonchev–Trinajstić information content (AvgIpc) is 0.775. The van der Waals surface area contributed by atoms with Crippen molar-refractivity contribution in [3.8, 4) is 0 Å². The molecule has 6 aliphatic rings. The molecule has 0 saturated carbocycles. The van der Waals surface area contributed by atoms with E-state index in [0.29, 0.717) is 32.1 Å². The minimum absolute atomic E-state index is 0.0200. The summed E-state index contributed by atoms with van der Waals surface area (Å²) in [7, 11) is 0. The van der Waals surface area contributed by atoms with Gasteiger partial charge in [-0.1, -0.05) is 168 Å². The lowest BCUT2D eigenvalue weighted by Gasteiger charge is -2.51. The molecule has 0 amide bonds.